The third kappa shape index (κ3) is 4.68. The highest BCUT2D eigenvalue weighted by molar-refractivity contribution is 7.88. The molecule has 0 fully saturated rings. The molecule has 0 aliphatic rings. The molecule has 0 bridgehead atoms. The van der Waals surface area contributed by atoms with Gasteiger partial charge in [0.15, 0.2) is 0 Å². The van der Waals surface area contributed by atoms with Crippen LogP contribution >= 0.6 is 0 Å². The van der Waals surface area contributed by atoms with Gasteiger partial charge >= 0.3 is 0 Å². The first kappa shape index (κ1) is 16.7. The maximum Gasteiger partial charge on any atom is 0.216 e. The predicted molar refractivity (Wildman–Crippen MR) is 91.1 cm³/mol. The molecule has 0 unspecified atom stereocenters. The van der Waals surface area contributed by atoms with Crippen molar-refractivity contribution in [1.29, 1.82) is 0 Å². The van der Waals surface area contributed by atoms with Gasteiger partial charge < -0.3 is 0 Å². The van der Waals surface area contributed by atoms with Gasteiger partial charge in [-0.1, -0.05) is 66.6 Å². The van der Waals surface area contributed by atoms with E-state index < -0.39 is 10.0 Å². The van der Waals surface area contributed by atoms with Gasteiger partial charge in [-0.05, 0) is 31.4 Å². The van der Waals surface area contributed by atoms with Gasteiger partial charge in [0.25, 0.3) is 0 Å². The predicted octanol–water partition coefficient (Wildman–Crippen LogP) is 3.87. The molecule has 0 radical (unpaired) electrons. The molecule has 1 N–H and O–H groups in total. The van der Waals surface area contributed by atoms with E-state index in [4.69, 9.17) is 0 Å². The third-order valence-corrected chi connectivity index (χ3v) is 5.04. The van der Waals surface area contributed by atoms with Crippen LogP contribution in [0.5, 0.6) is 0 Å². The molecule has 2 aromatic carbocycles. The van der Waals surface area contributed by atoms with Crippen molar-refractivity contribution in [2.45, 2.75) is 39.0 Å². The second-order valence-corrected chi connectivity index (χ2v) is 7.49. The molecule has 0 heterocycles. The van der Waals surface area contributed by atoms with Crippen LogP contribution in [0.2, 0.25) is 0 Å². The van der Waals surface area contributed by atoms with Crippen molar-refractivity contribution in [1.82, 2.24) is 4.72 Å². The normalized spacial score (nSPS) is 13.0. The lowest BCUT2D eigenvalue weighted by Gasteiger charge is -2.18. The quantitative estimate of drug-likeness (QED) is 0.879. The molecule has 0 aromatic heterocycles. The molecule has 1 atom stereocenters. The number of hydrogen-bond acceptors (Lipinski definition) is 2. The molecule has 118 valence electrons. The zero-order chi connectivity index (χ0) is 16.2. The number of aryl methyl sites for hydroxylation is 2. The van der Waals surface area contributed by atoms with Crippen molar-refractivity contribution in [3.8, 4) is 0 Å². The van der Waals surface area contributed by atoms with Crippen LogP contribution in [0.1, 0.15) is 41.6 Å². The fourth-order valence-electron chi connectivity index (χ4n) is 2.35. The molecule has 3 nitrogen and oxygen atoms in total. The van der Waals surface area contributed by atoms with E-state index in [0.29, 0.717) is 0 Å². The standard InChI is InChI=1S/C18H23NO2S/c1-4-18(17-11-7-15(3)8-12-17)19-22(20,21)13-16-9-5-14(2)6-10-16/h5-12,18-19H,4,13H2,1-3H3/t18-/m0/s1. The summed E-state index contributed by atoms with van der Waals surface area (Å²) in [5.74, 6) is 0.00956. The van der Waals surface area contributed by atoms with Crippen LogP contribution in [0.25, 0.3) is 0 Å². The Bertz CT molecular complexity index is 704. The summed E-state index contributed by atoms with van der Waals surface area (Å²) in [5.41, 5.74) is 4.10. The van der Waals surface area contributed by atoms with Crippen LogP contribution < -0.4 is 4.72 Å². The molecule has 0 amide bonds. The third-order valence-electron chi connectivity index (χ3n) is 3.69. The summed E-state index contributed by atoms with van der Waals surface area (Å²) in [7, 11) is -3.37. The zero-order valence-corrected chi connectivity index (χ0v) is 14.2. The second-order valence-electron chi connectivity index (χ2n) is 5.73. The van der Waals surface area contributed by atoms with Crippen LogP contribution in [0.4, 0.5) is 0 Å². The van der Waals surface area contributed by atoms with Crippen LogP contribution in [0.15, 0.2) is 48.5 Å². The van der Waals surface area contributed by atoms with Crippen molar-refractivity contribution in [2.75, 3.05) is 0 Å². The summed E-state index contributed by atoms with van der Waals surface area (Å²) >= 11 is 0. The number of nitrogens with one attached hydrogen (secondary N) is 1. The summed E-state index contributed by atoms with van der Waals surface area (Å²) in [5, 5.41) is 0. The Morgan fingerprint density at radius 1 is 0.909 bits per heavy atom. The first-order chi connectivity index (χ1) is 10.4. The summed E-state index contributed by atoms with van der Waals surface area (Å²) in [6.07, 6.45) is 0.718. The van der Waals surface area contributed by atoms with Gasteiger partial charge in [-0.15, -0.1) is 0 Å². The Hall–Kier alpha value is -1.65. The Morgan fingerprint density at radius 3 is 1.91 bits per heavy atom. The molecular formula is C18H23NO2S. The van der Waals surface area contributed by atoms with E-state index in [1.165, 1.54) is 5.56 Å². The van der Waals surface area contributed by atoms with E-state index in [-0.39, 0.29) is 11.8 Å². The molecule has 0 spiro atoms. The molecular weight excluding hydrogens is 294 g/mol. The smallest absolute Gasteiger partial charge is 0.212 e. The summed E-state index contributed by atoms with van der Waals surface area (Å²) in [6, 6.07) is 15.4. The maximum absolute atomic E-state index is 12.4. The number of rotatable bonds is 6. The van der Waals surface area contributed by atoms with Gasteiger partial charge in [0.2, 0.25) is 10.0 Å². The molecule has 0 saturated heterocycles. The molecule has 22 heavy (non-hydrogen) atoms. The van der Waals surface area contributed by atoms with Gasteiger partial charge in [-0.3, -0.25) is 0 Å². The molecule has 0 aliphatic carbocycles. The van der Waals surface area contributed by atoms with E-state index in [0.717, 1.165) is 23.1 Å². The molecule has 2 aromatic rings. The van der Waals surface area contributed by atoms with Crippen LogP contribution in [0, 0.1) is 13.8 Å². The van der Waals surface area contributed by atoms with Crippen LogP contribution in [-0.2, 0) is 15.8 Å². The van der Waals surface area contributed by atoms with E-state index in [2.05, 4.69) is 4.72 Å². The SMILES string of the molecule is CC[C@H](NS(=O)(=O)Cc1ccc(C)cc1)c1ccc(C)cc1. The van der Waals surface area contributed by atoms with Crippen molar-refractivity contribution in [3.05, 3.63) is 70.8 Å². The van der Waals surface area contributed by atoms with Crippen LogP contribution in [0.3, 0.4) is 0 Å². The molecule has 0 saturated carbocycles. The molecule has 2 rings (SSSR count). The fraction of sp³-hybridized carbons (Fsp3) is 0.333. The lowest BCUT2D eigenvalue weighted by Crippen LogP contribution is -2.29. The van der Waals surface area contributed by atoms with E-state index in [9.17, 15) is 8.42 Å². The minimum atomic E-state index is -3.37. The highest BCUT2D eigenvalue weighted by Gasteiger charge is 2.18. The zero-order valence-electron chi connectivity index (χ0n) is 13.3. The monoisotopic (exact) mass is 317 g/mol. The first-order valence-corrected chi connectivity index (χ1v) is 9.17. The van der Waals surface area contributed by atoms with Crippen molar-refractivity contribution >= 4 is 10.0 Å². The number of benzene rings is 2. The Morgan fingerprint density at radius 2 is 1.41 bits per heavy atom. The van der Waals surface area contributed by atoms with Crippen molar-refractivity contribution in [3.63, 3.8) is 0 Å². The minimum Gasteiger partial charge on any atom is -0.212 e. The molecule has 0 aliphatic heterocycles. The lowest BCUT2D eigenvalue weighted by atomic mass is 10.0. The van der Waals surface area contributed by atoms with Gasteiger partial charge in [0, 0.05) is 6.04 Å². The van der Waals surface area contributed by atoms with Gasteiger partial charge in [-0.2, -0.15) is 0 Å². The van der Waals surface area contributed by atoms with E-state index in [1.54, 1.807) is 0 Å². The first-order valence-electron chi connectivity index (χ1n) is 7.52. The minimum absolute atomic E-state index is 0.00956. The maximum atomic E-state index is 12.4. The Labute approximate surface area is 133 Å². The second kappa shape index (κ2) is 7.07. The summed E-state index contributed by atoms with van der Waals surface area (Å²) < 4.78 is 27.6. The number of sulfonamides is 1. The van der Waals surface area contributed by atoms with Crippen molar-refractivity contribution < 1.29 is 8.42 Å². The highest BCUT2D eigenvalue weighted by Crippen LogP contribution is 2.19. The van der Waals surface area contributed by atoms with Gasteiger partial charge in [0.1, 0.15) is 0 Å². The van der Waals surface area contributed by atoms with Gasteiger partial charge in [0.05, 0.1) is 5.75 Å². The lowest BCUT2D eigenvalue weighted by molar-refractivity contribution is 0.549. The van der Waals surface area contributed by atoms with E-state index in [1.807, 2.05) is 69.3 Å². The topological polar surface area (TPSA) is 46.2 Å². The Kier molecular flexibility index (Phi) is 5.37. The van der Waals surface area contributed by atoms with Gasteiger partial charge in [-0.25, -0.2) is 13.1 Å². The largest absolute Gasteiger partial charge is 0.216 e. The summed E-state index contributed by atoms with van der Waals surface area (Å²) in [4.78, 5) is 0. The summed E-state index contributed by atoms with van der Waals surface area (Å²) in [6.45, 7) is 5.99. The average Bonchev–Trinajstić information content (AvgIpc) is 2.48. The average molecular weight is 317 g/mol. The Balaban J connectivity index is 2.11. The molecule has 4 heteroatoms. The number of hydrogen-bond donors (Lipinski definition) is 1. The van der Waals surface area contributed by atoms with Crippen LogP contribution in [-0.4, -0.2) is 8.42 Å². The highest BCUT2D eigenvalue weighted by atomic mass is 32.2. The van der Waals surface area contributed by atoms with Crippen molar-refractivity contribution in [2.24, 2.45) is 0 Å². The fourth-order valence-corrected chi connectivity index (χ4v) is 3.80. The van der Waals surface area contributed by atoms with E-state index >= 15 is 0 Å².